The number of ether oxygens (including phenoxy) is 1. The molecule has 0 fully saturated rings. The van der Waals surface area contributed by atoms with E-state index in [4.69, 9.17) is 10.6 Å². The first kappa shape index (κ1) is 13.0. The third-order valence-corrected chi connectivity index (χ3v) is 1.99. The third-order valence-electron chi connectivity index (χ3n) is 1.99. The number of amides is 2. The van der Waals surface area contributed by atoms with Crippen LogP contribution in [0.2, 0.25) is 0 Å². The maximum atomic E-state index is 11.1. The van der Waals surface area contributed by atoms with Gasteiger partial charge in [-0.25, -0.2) is 5.84 Å². The van der Waals surface area contributed by atoms with Crippen molar-refractivity contribution in [2.75, 3.05) is 13.2 Å². The summed E-state index contributed by atoms with van der Waals surface area (Å²) >= 11 is 0. The monoisotopic (exact) mass is 237 g/mol. The molecule has 0 saturated carbocycles. The molecule has 0 atom stereocenters. The van der Waals surface area contributed by atoms with Gasteiger partial charge in [0.15, 0.2) is 0 Å². The van der Waals surface area contributed by atoms with E-state index >= 15 is 0 Å². The molecule has 0 unspecified atom stereocenters. The van der Waals surface area contributed by atoms with Gasteiger partial charge in [0, 0.05) is 12.5 Å². The van der Waals surface area contributed by atoms with Crippen LogP contribution in [-0.4, -0.2) is 25.0 Å². The van der Waals surface area contributed by atoms with E-state index in [-0.39, 0.29) is 11.8 Å². The van der Waals surface area contributed by atoms with Crippen molar-refractivity contribution in [3.05, 3.63) is 29.8 Å². The third kappa shape index (κ3) is 4.52. The molecule has 1 aromatic carbocycles. The summed E-state index contributed by atoms with van der Waals surface area (Å²) in [7, 11) is 0. The largest absolute Gasteiger partial charge is 0.492 e. The molecule has 0 bridgehead atoms. The fraction of sp³-hybridized carbons (Fsp3) is 0.273. The molecule has 0 radical (unpaired) electrons. The Balaban J connectivity index is 2.40. The molecular weight excluding hydrogens is 222 g/mol. The lowest BCUT2D eigenvalue weighted by atomic mass is 10.2. The lowest BCUT2D eigenvalue weighted by molar-refractivity contribution is -0.119. The Morgan fingerprint density at radius 2 is 1.94 bits per heavy atom. The van der Waals surface area contributed by atoms with E-state index in [2.05, 4.69) is 5.32 Å². The Hall–Kier alpha value is -2.08. The van der Waals surface area contributed by atoms with Gasteiger partial charge in [0.2, 0.25) is 5.91 Å². The zero-order valence-corrected chi connectivity index (χ0v) is 9.53. The first-order chi connectivity index (χ1) is 8.13. The molecule has 0 heterocycles. The van der Waals surface area contributed by atoms with Crippen molar-refractivity contribution in [1.29, 1.82) is 0 Å². The second-order valence-corrected chi connectivity index (χ2v) is 3.33. The molecule has 0 saturated heterocycles. The summed E-state index contributed by atoms with van der Waals surface area (Å²) in [4.78, 5) is 21.7. The van der Waals surface area contributed by atoms with Crippen molar-refractivity contribution in [2.24, 2.45) is 5.84 Å². The molecule has 0 aliphatic rings. The summed E-state index contributed by atoms with van der Waals surface area (Å²) in [6, 6.07) is 6.54. The fourth-order valence-corrected chi connectivity index (χ4v) is 1.18. The van der Waals surface area contributed by atoms with Crippen LogP contribution < -0.4 is 21.3 Å². The van der Waals surface area contributed by atoms with E-state index < -0.39 is 0 Å². The van der Waals surface area contributed by atoms with Crippen molar-refractivity contribution in [3.8, 4) is 5.75 Å². The average molecular weight is 237 g/mol. The van der Waals surface area contributed by atoms with Crippen LogP contribution in [0, 0.1) is 0 Å². The van der Waals surface area contributed by atoms with Crippen LogP contribution in [0.5, 0.6) is 5.75 Å². The van der Waals surface area contributed by atoms with Crippen LogP contribution in [0.4, 0.5) is 0 Å². The minimum atomic E-state index is -0.352. The van der Waals surface area contributed by atoms with Gasteiger partial charge in [0.25, 0.3) is 5.91 Å². The maximum Gasteiger partial charge on any atom is 0.265 e. The zero-order chi connectivity index (χ0) is 12.7. The summed E-state index contributed by atoms with van der Waals surface area (Å²) in [5.74, 6) is 5.18. The predicted octanol–water partition coefficient (Wildman–Crippen LogP) is -0.195. The quantitative estimate of drug-likeness (QED) is 0.286. The number of hydrogen-bond donors (Lipinski definition) is 3. The topological polar surface area (TPSA) is 93.4 Å². The predicted molar refractivity (Wildman–Crippen MR) is 62.3 cm³/mol. The van der Waals surface area contributed by atoms with Gasteiger partial charge in [0.05, 0.1) is 6.54 Å². The number of nitrogen functional groups attached to an aromatic ring is 1. The molecule has 1 rings (SSSR count). The molecule has 0 aliphatic heterocycles. The van der Waals surface area contributed by atoms with Gasteiger partial charge in [-0.2, -0.15) is 0 Å². The van der Waals surface area contributed by atoms with Crippen molar-refractivity contribution >= 4 is 11.8 Å². The van der Waals surface area contributed by atoms with Crippen molar-refractivity contribution < 1.29 is 14.3 Å². The number of carbonyl (C=O) groups excluding carboxylic acids is 2. The van der Waals surface area contributed by atoms with E-state index in [1.807, 2.05) is 5.43 Å². The molecule has 6 heteroatoms. The highest BCUT2D eigenvalue weighted by molar-refractivity contribution is 5.93. The normalized spacial score (nSPS) is 9.53. The number of rotatable bonds is 5. The summed E-state index contributed by atoms with van der Waals surface area (Å²) in [5, 5.41) is 2.61. The Kier molecular flexibility index (Phi) is 4.96. The minimum absolute atomic E-state index is 0.0939. The molecule has 6 nitrogen and oxygen atoms in total. The zero-order valence-electron chi connectivity index (χ0n) is 9.53. The van der Waals surface area contributed by atoms with Gasteiger partial charge in [-0.1, -0.05) is 0 Å². The van der Waals surface area contributed by atoms with Crippen molar-refractivity contribution in [1.82, 2.24) is 10.7 Å². The fourth-order valence-electron chi connectivity index (χ4n) is 1.18. The van der Waals surface area contributed by atoms with Gasteiger partial charge in [-0.05, 0) is 24.3 Å². The Bertz CT molecular complexity index is 389. The lowest BCUT2D eigenvalue weighted by Crippen LogP contribution is -2.29. The van der Waals surface area contributed by atoms with E-state index in [1.165, 1.54) is 6.92 Å². The van der Waals surface area contributed by atoms with Crippen LogP contribution in [0.1, 0.15) is 17.3 Å². The van der Waals surface area contributed by atoms with Crippen LogP contribution in [0.3, 0.4) is 0 Å². The smallest absolute Gasteiger partial charge is 0.265 e. The van der Waals surface area contributed by atoms with Gasteiger partial charge >= 0.3 is 0 Å². The second kappa shape index (κ2) is 6.49. The van der Waals surface area contributed by atoms with Gasteiger partial charge in [-0.3, -0.25) is 15.0 Å². The highest BCUT2D eigenvalue weighted by Crippen LogP contribution is 2.11. The summed E-state index contributed by atoms with van der Waals surface area (Å²) in [6.07, 6.45) is 0. The lowest BCUT2D eigenvalue weighted by Gasteiger charge is -2.07. The molecular formula is C11H15N3O3. The van der Waals surface area contributed by atoms with Crippen LogP contribution in [-0.2, 0) is 4.79 Å². The minimum Gasteiger partial charge on any atom is -0.492 e. The first-order valence-electron chi connectivity index (χ1n) is 5.11. The number of benzene rings is 1. The van der Waals surface area contributed by atoms with Crippen molar-refractivity contribution in [2.45, 2.75) is 6.92 Å². The SMILES string of the molecule is CC(=O)NCCOc1ccc(C(=O)NN)cc1. The second-order valence-electron chi connectivity index (χ2n) is 3.33. The molecule has 0 aromatic heterocycles. The number of carbonyl (C=O) groups is 2. The van der Waals surface area contributed by atoms with E-state index in [1.54, 1.807) is 24.3 Å². The van der Waals surface area contributed by atoms with E-state index in [9.17, 15) is 9.59 Å². The van der Waals surface area contributed by atoms with E-state index in [0.717, 1.165) is 0 Å². The number of hydrazine groups is 1. The number of hydrogen-bond acceptors (Lipinski definition) is 4. The Labute approximate surface area is 99.1 Å². The Morgan fingerprint density at radius 1 is 1.29 bits per heavy atom. The summed E-state index contributed by atoms with van der Waals surface area (Å²) in [6.45, 7) is 2.27. The number of nitrogens with two attached hydrogens (primary N) is 1. The van der Waals surface area contributed by atoms with E-state index in [0.29, 0.717) is 24.5 Å². The van der Waals surface area contributed by atoms with Crippen molar-refractivity contribution in [3.63, 3.8) is 0 Å². The van der Waals surface area contributed by atoms with Gasteiger partial charge in [0.1, 0.15) is 12.4 Å². The molecule has 0 aliphatic carbocycles. The highest BCUT2D eigenvalue weighted by atomic mass is 16.5. The molecule has 17 heavy (non-hydrogen) atoms. The van der Waals surface area contributed by atoms with Crippen LogP contribution in [0.25, 0.3) is 0 Å². The standard InChI is InChI=1S/C11H15N3O3/c1-8(15)13-6-7-17-10-4-2-9(3-5-10)11(16)14-12/h2-5H,6-7,12H2,1H3,(H,13,15)(H,14,16). The van der Waals surface area contributed by atoms with Crippen LogP contribution >= 0.6 is 0 Å². The maximum absolute atomic E-state index is 11.1. The number of nitrogens with one attached hydrogen (secondary N) is 2. The van der Waals surface area contributed by atoms with Gasteiger partial charge in [-0.15, -0.1) is 0 Å². The molecule has 92 valence electrons. The molecule has 2 amide bonds. The molecule has 4 N–H and O–H groups in total. The van der Waals surface area contributed by atoms with Gasteiger partial charge < -0.3 is 10.1 Å². The average Bonchev–Trinajstić information content (AvgIpc) is 2.34. The first-order valence-corrected chi connectivity index (χ1v) is 5.11. The van der Waals surface area contributed by atoms with Crippen LogP contribution in [0.15, 0.2) is 24.3 Å². The summed E-state index contributed by atoms with van der Waals surface area (Å²) < 4.78 is 5.35. The molecule has 1 aromatic rings. The Morgan fingerprint density at radius 3 is 2.47 bits per heavy atom. The highest BCUT2D eigenvalue weighted by Gasteiger charge is 2.02. The summed E-state index contributed by atoms with van der Waals surface area (Å²) in [5.41, 5.74) is 2.50. The molecule has 0 spiro atoms.